The first kappa shape index (κ1) is 43.6. The van der Waals surface area contributed by atoms with Crippen LogP contribution in [0.15, 0.2) is 60.8 Å². The number of aromatic nitrogens is 1. The number of aliphatic hydroxyl groups excluding tert-OH is 1. The number of nitrogens with one attached hydrogen (secondary N) is 2. The number of pyridine rings is 1. The van der Waals surface area contributed by atoms with E-state index in [0.29, 0.717) is 22.0 Å². The van der Waals surface area contributed by atoms with Crippen molar-refractivity contribution in [2.24, 2.45) is 5.92 Å². The maximum absolute atomic E-state index is 15.8. The van der Waals surface area contributed by atoms with E-state index < -0.39 is 47.4 Å². The minimum absolute atomic E-state index is 0.000654. The molecule has 7 rings (SSSR count). The number of fused-ring (bicyclic) bond motifs is 10. The summed E-state index contributed by atoms with van der Waals surface area (Å²) in [7, 11) is 1.58. The lowest BCUT2D eigenvalue weighted by molar-refractivity contribution is -0.131. The number of ether oxygens (including phenoxy) is 4. The minimum atomic E-state index is -0.963. The number of nitrogens with zero attached hydrogens (tertiary/aromatic N) is 3. The van der Waals surface area contributed by atoms with Crippen molar-refractivity contribution in [3.05, 3.63) is 88.9 Å². The van der Waals surface area contributed by atoms with Crippen molar-refractivity contribution in [3.63, 3.8) is 0 Å². The zero-order valence-corrected chi connectivity index (χ0v) is 35.6. The van der Waals surface area contributed by atoms with E-state index in [9.17, 15) is 24.3 Å². The van der Waals surface area contributed by atoms with Crippen LogP contribution in [0.25, 0.3) is 10.8 Å². The van der Waals surface area contributed by atoms with Crippen molar-refractivity contribution in [1.29, 1.82) is 0 Å². The summed E-state index contributed by atoms with van der Waals surface area (Å²) in [5.41, 5.74) is 1.46. The Morgan fingerprint density at radius 3 is 2.33 bits per heavy atom. The Bertz CT molecular complexity index is 2260. The van der Waals surface area contributed by atoms with Gasteiger partial charge in [0, 0.05) is 54.1 Å². The number of benzene rings is 3. The highest BCUT2D eigenvalue weighted by Gasteiger charge is 2.35. The van der Waals surface area contributed by atoms with Crippen LogP contribution < -0.4 is 20.3 Å². The lowest BCUT2D eigenvalue weighted by atomic mass is 9.93. The van der Waals surface area contributed by atoms with Gasteiger partial charge in [-0.3, -0.25) is 10.1 Å². The molecule has 3 N–H and O–H groups in total. The third-order valence-electron chi connectivity index (χ3n) is 10.0. The number of anilines is 3. The number of hydrogen-bond acceptors (Lipinski definition) is 11. The maximum Gasteiger partial charge on any atom is 0.425 e. The second-order valence-corrected chi connectivity index (χ2v) is 17.5. The van der Waals surface area contributed by atoms with Crippen LogP contribution in [0.2, 0.25) is 0 Å². The normalized spacial score (nSPS) is 18.0. The van der Waals surface area contributed by atoms with Crippen molar-refractivity contribution in [1.82, 2.24) is 9.88 Å². The maximum atomic E-state index is 15.8. The van der Waals surface area contributed by atoms with Crippen LogP contribution >= 0.6 is 0 Å². The van der Waals surface area contributed by atoms with Crippen LogP contribution in [0.3, 0.4) is 0 Å². The Morgan fingerprint density at radius 1 is 1.02 bits per heavy atom. The number of aliphatic hydroxyl groups is 1. The fraction of sp³-hybridized carbons (Fsp3) is 0.444. The quantitative estimate of drug-likeness (QED) is 0.152. The van der Waals surface area contributed by atoms with Crippen LogP contribution in [0.5, 0.6) is 5.75 Å². The number of aryl methyl sites for hydroxylation is 1. The molecule has 0 saturated heterocycles. The molecule has 4 amide bonds. The number of likely N-dealkylation sites (N-methyl/N-ethyl adjacent to an activating group) is 1. The van der Waals surface area contributed by atoms with Crippen molar-refractivity contribution < 1.29 is 47.6 Å². The molecule has 60 heavy (non-hydrogen) atoms. The summed E-state index contributed by atoms with van der Waals surface area (Å²) in [6.45, 7) is 13.7. The summed E-state index contributed by atoms with van der Waals surface area (Å²) in [6.07, 6.45) is -0.273. The Labute approximate surface area is 349 Å². The van der Waals surface area contributed by atoms with Crippen molar-refractivity contribution in [2.75, 3.05) is 35.8 Å². The molecule has 15 heteroatoms. The SMILES string of the molecule is Cc1cc2ccc1[C@@H](C)COC(=O)Nc1cc(F)c(OC[C@@H](O)C3CC3)c(c1)CN(C)C(=O)[C@@H]2Nc1ccc2c(N(C(=O)OC(C)(C)C)C(=O)OC(C)(C)C)nccc2c1. The second kappa shape index (κ2) is 17.3. The van der Waals surface area contributed by atoms with Crippen molar-refractivity contribution >= 4 is 52.2 Å². The number of amides is 4. The second-order valence-electron chi connectivity index (χ2n) is 17.5. The average Bonchev–Trinajstić information content (AvgIpc) is 4.00. The van der Waals surface area contributed by atoms with Crippen LogP contribution in [0, 0.1) is 18.7 Å². The lowest BCUT2D eigenvalue weighted by Gasteiger charge is -2.29. The average molecular weight is 828 g/mol. The Balaban J connectivity index is 1.38. The predicted octanol–water partition coefficient (Wildman–Crippen LogP) is 8.99. The lowest BCUT2D eigenvalue weighted by Crippen LogP contribution is -2.44. The third-order valence-corrected chi connectivity index (χ3v) is 10.0. The molecule has 3 atom stereocenters. The van der Waals surface area contributed by atoms with Crippen LogP contribution in [0.4, 0.5) is 36.0 Å². The van der Waals surface area contributed by atoms with Crippen LogP contribution in [0.1, 0.15) is 95.5 Å². The number of hydrogen-bond donors (Lipinski definition) is 3. The highest BCUT2D eigenvalue weighted by molar-refractivity contribution is 6.14. The molecule has 4 bridgehead atoms. The monoisotopic (exact) mass is 827 g/mol. The summed E-state index contributed by atoms with van der Waals surface area (Å²) in [5.74, 6) is -1.41. The van der Waals surface area contributed by atoms with E-state index in [-0.39, 0.29) is 60.3 Å². The Hall–Kier alpha value is -5.96. The fourth-order valence-electron chi connectivity index (χ4n) is 6.96. The summed E-state index contributed by atoms with van der Waals surface area (Å²) in [5, 5.41) is 17.5. The van der Waals surface area contributed by atoms with Gasteiger partial charge in [-0.25, -0.2) is 23.8 Å². The van der Waals surface area contributed by atoms with E-state index in [2.05, 4.69) is 15.6 Å². The molecule has 1 aliphatic carbocycles. The summed E-state index contributed by atoms with van der Waals surface area (Å²) >= 11 is 0. The molecule has 320 valence electrons. The molecular weight excluding hydrogens is 774 g/mol. The number of halogens is 1. The molecule has 1 fully saturated rings. The molecule has 4 aromatic rings. The van der Waals surface area contributed by atoms with Crippen molar-refractivity contribution in [3.8, 4) is 5.75 Å². The molecule has 3 heterocycles. The van der Waals surface area contributed by atoms with Gasteiger partial charge in [-0.1, -0.05) is 25.1 Å². The molecule has 0 unspecified atom stereocenters. The summed E-state index contributed by atoms with van der Waals surface area (Å²) in [6, 6.07) is 14.2. The fourth-order valence-corrected chi connectivity index (χ4v) is 6.96. The topological polar surface area (TPSA) is 169 Å². The van der Waals surface area contributed by atoms with Gasteiger partial charge >= 0.3 is 18.3 Å². The van der Waals surface area contributed by atoms with Gasteiger partial charge in [-0.2, -0.15) is 4.90 Å². The number of imide groups is 1. The third kappa shape index (κ3) is 10.6. The molecule has 1 aromatic heterocycles. The van der Waals surface area contributed by atoms with Gasteiger partial charge in [-0.05, 0) is 120 Å². The molecule has 14 nitrogen and oxygen atoms in total. The van der Waals surface area contributed by atoms with E-state index in [0.717, 1.165) is 34.9 Å². The van der Waals surface area contributed by atoms with Gasteiger partial charge in [0.25, 0.3) is 0 Å². The molecule has 1 saturated carbocycles. The zero-order valence-electron chi connectivity index (χ0n) is 35.6. The van der Waals surface area contributed by atoms with Crippen LogP contribution in [-0.4, -0.2) is 76.7 Å². The van der Waals surface area contributed by atoms with E-state index in [1.54, 1.807) is 72.9 Å². The molecule has 0 radical (unpaired) electrons. The Kier molecular flexibility index (Phi) is 12.6. The largest absolute Gasteiger partial charge is 0.487 e. The summed E-state index contributed by atoms with van der Waals surface area (Å²) in [4.78, 5) is 61.2. The smallest absolute Gasteiger partial charge is 0.425 e. The van der Waals surface area contributed by atoms with E-state index in [1.165, 1.54) is 17.2 Å². The molecule has 3 aromatic carbocycles. The standard InChI is InChI=1S/C45H54FN5O9/c1-25-18-29-12-14-33(25)26(2)23-58-41(54)49-32-20-30(38(35(46)21-32)57-24-36(52)27-10-11-27)22-50(9)40(53)37(29)48-31-13-15-34-28(19-31)16-17-47-39(34)51(42(55)59-44(3,4)5)43(56)60-45(6,7)8/h12-21,26-27,36-37,48,52H,10-11,22-24H2,1-9H3,(H,49,54)/t26-,36+,37+/m0/s1. The van der Waals surface area contributed by atoms with Gasteiger partial charge < -0.3 is 34.3 Å². The molecule has 0 spiro atoms. The van der Waals surface area contributed by atoms with Gasteiger partial charge in [0.05, 0.1) is 12.7 Å². The van der Waals surface area contributed by atoms with Gasteiger partial charge in [0.2, 0.25) is 5.91 Å². The number of rotatable bonds is 7. The zero-order chi connectivity index (χ0) is 43.7. The highest BCUT2D eigenvalue weighted by atomic mass is 19.1. The Morgan fingerprint density at radius 2 is 1.70 bits per heavy atom. The molecule has 3 aliphatic rings. The van der Waals surface area contributed by atoms with Gasteiger partial charge in [0.1, 0.15) is 23.9 Å². The van der Waals surface area contributed by atoms with E-state index >= 15 is 4.39 Å². The summed E-state index contributed by atoms with van der Waals surface area (Å²) < 4.78 is 38.4. The van der Waals surface area contributed by atoms with E-state index in [4.69, 9.17) is 18.9 Å². The van der Waals surface area contributed by atoms with Crippen molar-refractivity contribution in [2.45, 2.75) is 104 Å². The number of carbonyl (C=O) groups excluding carboxylic acids is 4. The van der Waals surface area contributed by atoms with Crippen LogP contribution in [-0.2, 0) is 25.5 Å². The van der Waals surface area contributed by atoms with Gasteiger partial charge in [0.15, 0.2) is 17.4 Å². The van der Waals surface area contributed by atoms with Gasteiger partial charge in [-0.15, -0.1) is 0 Å². The minimum Gasteiger partial charge on any atom is -0.487 e. The first-order valence-corrected chi connectivity index (χ1v) is 20.0. The first-order valence-electron chi connectivity index (χ1n) is 20.0. The molecular formula is C45H54FN5O9. The molecule has 2 aliphatic heterocycles. The number of carbonyl (C=O) groups is 4. The highest BCUT2D eigenvalue weighted by Crippen LogP contribution is 2.36. The first-order chi connectivity index (χ1) is 28.2. The predicted molar refractivity (Wildman–Crippen MR) is 225 cm³/mol. The van der Waals surface area contributed by atoms with E-state index in [1.807, 2.05) is 32.0 Å².